The van der Waals surface area contributed by atoms with Crippen molar-refractivity contribution in [3.63, 3.8) is 0 Å². The number of piperazine rings is 1. The standard InChI is InChI=1S/C19H26FN3O2/c1-14(11-15-5-2-3-7-17(15)20)19(25)22-9-4-6-16(13-22)23-10-8-21-12-18(23)24/h2-3,5,7,14,16,21H,4,6,8-13H2,1H3/t14-,16-/m0/s1. The van der Waals surface area contributed by atoms with Gasteiger partial charge in [-0.25, -0.2) is 4.39 Å². The number of hydrogen-bond donors (Lipinski definition) is 1. The first kappa shape index (κ1) is 17.9. The van der Waals surface area contributed by atoms with Gasteiger partial charge < -0.3 is 15.1 Å². The van der Waals surface area contributed by atoms with Gasteiger partial charge >= 0.3 is 0 Å². The number of benzene rings is 1. The first-order valence-corrected chi connectivity index (χ1v) is 9.08. The first-order chi connectivity index (χ1) is 12.1. The van der Waals surface area contributed by atoms with E-state index >= 15 is 0 Å². The summed E-state index contributed by atoms with van der Waals surface area (Å²) >= 11 is 0. The zero-order valence-electron chi connectivity index (χ0n) is 14.7. The van der Waals surface area contributed by atoms with Crippen LogP contribution in [0.3, 0.4) is 0 Å². The molecule has 2 aliphatic heterocycles. The normalized spacial score (nSPS) is 22.8. The molecule has 0 bridgehead atoms. The molecule has 25 heavy (non-hydrogen) atoms. The number of likely N-dealkylation sites (tertiary alicyclic amines) is 1. The van der Waals surface area contributed by atoms with Crippen LogP contribution in [-0.4, -0.2) is 60.4 Å². The average Bonchev–Trinajstić information content (AvgIpc) is 2.63. The zero-order chi connectivity index (χ0) is 17.8. The molecule has 5 nitrogen and oxygen atoms in total. The van der Waals surface area contributed by atoms with Crippen LogP contribution >= 0.6 is 0 Å². The van der Waals surface area contributed by atoms with Crippen LogP contribution in [0.25, 0.3) is 0 Å². The molecule has 136 valence electrons. The lowest BCUT2D eigenvalue weighted by atomic mass is 9.96. The Morgan fingerprint density at radius 2 is 2.16 bits per heavy atom. The molecule has 1 N–H and O–H groups in total. The second-order valence-corrected chi connectivity index (χ2v) is 7.04. The van der Waals surface area contributed by atoms with Crippen LogP contribution in [-0.2, 0) is 16.0 Å². The molecular weight excluding hydrogens is 321 g/mol. The smallest absolute Gasteiger partial charge is 0.236 e. The van der Waals surface area contributed by atoms with Crippen molar-refractivity contribution in [2.45, 2.75) is 32.2 Å². The molecule has 0 radical (unpaired) electrons. The zero-order valence-corrected chi connectivity index (χ0v) is 14.7. The summed E-state index contributed by atoms with van der Waals surface area (Å²) in [6, 6.07) is 6.72. The van der Waals surface area contributed by atoms with Crippen molar-refractivity contribution < 1.29 is 14.0 Å². The molecule has 0 spiro atoms. The van der Waals surface area contributed by atoms with Crippen molar-refractivity contribution in [1.82, 2.24) is 15.1 Å². The van der Waals surface area contributed by atoms with E-state index in [1.807, 2.05) is 16.7 Å². The summed E-state index contributed by atoms with van der Waals surface area (Å²) in [5.74, 6) is -0.361. The highest BCUT2D eigenvalue weighted by Crippen LogP contribution is 2.21. The molecule has 2 fully saturated rings. The number of nitrogens with zero attached hydrogens (tertiary/aromatic N) is 2. The van der Waals surface area contributed by atoms with Crippen LogP contribution in [0.4, 0.5) is 4.39 Å². The van der Waals surface area contributed by atoms with E-state index in [9.17, 15) is 14.0 Å². The van der Waals surface area contributed by atoms with Gasteiger partial charge in [0.25, 0.3) is 0 Å². The highest BCUT2D eigenvalue weighted by atomic mass is 19.1. The fourth-order valence-electron chi connectivity index (χ4n) is 3.81. The third-order valence-corrected chi connectivity index (χ3v) is 5.18. The maximum atomic E-state index is 13.8. The SMILES string of the molecule is C[C@@H](Cc1ccccc1F)C(=O)N1CCC[C@H](N2CCNCC2=O)C1. The second-order valence-electron chi connectivity index (χ2n) is 7.04. The number of nitrogens with one attached hydrogen (secondary N) is 1. The molecule has 2 aliphatic rings. The summed E-state index contributed by atoms with van der Waals surface area (Å²) in [4.78, 5) is 28.7. The Balaban J connectivity index is 1.61. The maximum Gasteiger partial charge on any atom is 0.236 e. The summed E-state index contributed by atoms with van der Waals surface area (Å²) in [6.45, 7) is 5.06. The minimum Gasteiger partial charge on any atom is -0.340 e. The molecule has 0 aliphatic carbocycles. The van der Waals surface area contributed by atoms with E-state index in [0.29, 0.717) is 31.6 Å². The largest absolute Gasteiger partial charge is 0.340 e. The minimum absolute atomic E-state index is 0.0514. The summed E-state index contributed by atoms with van der Waals surface area (Å²) in [5.41, 5.74) is 0.578. The van der Waals surface area contributed by atoms with E-state index in [0.717, 1.165) is 25.9 Å². The number of halogens is 1. The molecule has 2 amide bonds. The Morgan fingerprint density at radius 3 is 2.92 bits per heavy atom. The van der Waals surface area contributed by atoms with Gasteiger partial charge in [-0.2, -0.15) is 0 Å². The molecule has 2 atom stereocenters. The van der Waals surface area contributed by atoms with Crippen molar-refractivity contribution in [2.24, 2.45) is 5.92 Å². The highest BCUT2D eigenvalue weighted by molar-refractivity contribution is 5.80. The second kappa shape index (κ2) is 7.95. The van der Waals surface area contributed by atoms with Crippen molar-refractivity contribution in [2.75, 3.05) is 32.7 Å². The number of amides is 2. The van der Waals surface area contributed by atoms with Gasteiger partial charge in [0.2, 0.25) is 11.8 Å². The van der Waals surface area contributed by atoms with Crippen LogP contribution in [0, 0.1) is 11.7 Å². The number of hydrogen-bond acceptors (Lipinski definition) is 3. The maximum absolute atomic E-state index is 13.8. The molecule has 3 rings (SSSR count). The third kappa shape index (κ3) is 4.18. The number of piperidine rings is 1. The van der Waals surface area contributed by atoms with Crippen LogP contribution in [0.15, 0.2) is 24.3 Å². The van der Waals surface area contributed by atoms with Gasteiger partial charge in [0.15, 0.2) is 0 Å². The van der Waals surface area contributed by atoms with E-state index in [1.165, 1.54) is 6.07 Å². The van der Waals surface area contributed by atoms with Crippen LogP contribution in [0.1, 0.15) is 25.3 Å². The Kier molecular flexibility index (Phi) is 5.68. The van der Waals surface area contributed by atoms with Crippen LogP contribution in [0.5, 0.6) is 0 Å². The molecule has 2 saturated heterocycles. The van der Waals surface area contributed by atoms with E-state index in [4.69, 9.17) is 0 Å². The lowest BCUT2D eigenvalue weighted by Crippen LogP contribution is -2.58. The van der Waals surface area contributed by atoms with Crippen LogP contribution < -0.4 is 5.32 Å². The van der Waals surface area contributed by atoms with Crippen LogP contribution in [0.2, 0.25) is 0 Å². The van der Waals surface area contributed by atoms with Gasteiger partial charge in [-0.3, -0.25) is 9.59 Å². The fourth-order valence-corrected chi connectivity index (χ4v) is 3.81. The van der Waals surface area contributed by atoms with E-state index in [-0.39, 0.29) is 29.6 Å². The molecule has 6 heteroatoms. The third-order valence-electron chi connectivity index (χ3n) is 5.18. The molecule has 1 aromatic rings. The summed E-state index contributed by atoms with van der Waals surface area (Å²) in [6.07, 6.45) is 2.25. The summed E-state index contributed by atoms with van der Waals surface area (Å²) < 4.78 is 13.8. The Morgan fingerprint density at radius 1 is 1.36 bits per heavy atom. The summed E-state index contributed by atoms with van der Waals surface area (Å²) in [7, 11) is 0. The minimum atomic E-state index is -0.269. The topological polar surface area (TPSA) is 52.7 Å². The molecule has 0 saturated carbocycles. The molecule has 0 unspecified atom stereocenters. The Bertz CT molecular complexity index is 637. The molecule has 1 aromatic carbocycles. The molecular formula is C19H26FN3O2. The molecule has 2 heterocycles. The first-order valence-electron chi connectivity index (χ1n) is 9.08. The van der Waals surface area contributed by atoms with Gasteiger partial charge in [-0.15, -0.1) is 0 Å². The van der Waals surface area contributed by atoms with Gasteiger partial charge in [-0.1, -0.05) is 25.1 Å². The van der Waals surface area contributed by atoms with E-state index < -0.39 is 0 Å². The van der Waals surface area contributed by atoms with Crippen molar-refractivity contribution in [1.29, 1.82) is 0 Å². The lowest BCUT2D eigenvalue weighted by molar-refractivity contribution is -0.142. The number of rotatable bonds is 4. The van der Waals surface area contributed by atoms with Gasteiger partial charge in [0, 0.05) is 38.1 Å². The number of carbonyl (C=O) groups excluding carboxylic acids is 2. The molecule has 0 aromatic heterocycles. The average molecular weight is 347 g/mol. The quantitative estimate of drug-likeness (QED) is 0.896. The van der Waals surface area contributed by atoms with E-state index in [2.05, 4.69) is 5.32 Å². The van der Waals surface area contributed by atoms with Gasteiger partial charge in [0.05, 0.1) is 6.54 Å². The lowest BCUT2D eigenvalue weighted by Gasteiger charge is -2.41. The van der Waals surface area contributed by atoms with E-state index in [1.54, 1.807) is 18.2 Å². The van der Waals surface area contributed by atoms with Gasteiger partial charge in [0.1, 0.15) is 5.82 Å². The summed E-state index contributed by atoms with van der Waals surface area (Å²) in [5, 5.41) is 3.08. The predicted molar refractivity (Wildman–Crippen MR) is 93.5 cm³/mol. The fraction of sp³-hybridized carbons (Fsp3) is 0.579. The van der Waals surface area contributed by atoms with Crippen molar-refractivity contribution in [3.05, 3.63) is 35.6 Å². The Labute approximate surface area is 148 Å². The predicted octanol–water partition coefficient (Wildman–Crippen LogP) is 1.43. The van der Waals surface area contributed by atoms with Gasteiger partial charge in [-0.05, 0) is 30.9 Å². The Hall–Kier alpha value is -1.95. The van der Waals surface area contributed by atoms with Crippen molar-refractivity contribution >= 4 is 11.8 Å². The highest BCUT2D eigenvalue weighted by Gasteiger charge is 2.32. The monoisotopic (exact) mass is 347 g/mol. The van der Waals surface area contributed by atoms with Crippen molar-refractivity contribution in [3.8, 4) is 0 Å². The number of carbonyl (C=O) groups is 2.